The summed E-state index contributed by atoms with van der Waals surface area (Å²) in [5, 5.41) is 0. The molecular formula is C20H41OP. The minimum absolute atomic E-state index is 0.445. The van der Waals surface area contributed by atoms with Crippen LogP contribution in [0.5, 0.6) is 0 Å². The Hall–Kier alpha value is -0.0300. The van der Waals surface area contributed by atoms with Crippen molar-refractivity contribution in [3.63, 3.8) is 0 Å². The van der Waals surface area contributed by atoms with E-state index in [0.717, 1.165) is 12.8 Å². The maximum absolute atomic E-state index is 12.3. The number of unbranched alkanes of at least 4 members (excludes halogenated alkanes) is 6. The first-order valence-electron chi connectivity index (χ1n) is 9.88. The fourth-order valence-corrected chi connectivity index (χ4v) is 7.53. The SMILES string of the molecule is CCCCCP(=CC(=O)CCC)(CCCCC)CCCCC. The highest BCUT2D eigenvalue weighted by atomic mass is 31.2. The zero-order chi connectivity index (χ0) is 16.7. The molecular weight excluding hydrogens is 287 g/mol. The fourth-order valence-electron chi connectivity index (χ4n) is 3.18. The number of Topliss-reactive ketones (excluding diaryl/α,β-unsaturated/α-hetero) is 1. The smallest absolute Gasteiger partial charge is 0.155 e. The number of ketones is 1. The van der Waals surface area contributed by atoms with Crippen LogP contribution < -0.4 is 0 Å². The standard InChI is InChI=1S/C20H41OP/c1-5-9-12-16-22(17-13-10-6-2,18-14-11-7-3)19-20(21)15-8-4/h19H,5-18H2,1-4H3. The van der Waals surface area contributed by atoms with Crippen LogP contribution in [0.2, 0.25) is 0 Å². The molecule has 0 N–H and O–H groups in total. The Labute approximate surface area is 140 Å². The van der Waals surface area contributed by atoms with Gasteiger partial charge in [-0.2, -0.15) is 0 Å². The van der Waals surface area contributed by atoms with Gasteiger partial charge in [0.15, 0.2) is 5.78 Å². The molecule has 0 fully saturated rings. The normalized spacial score (nSPS) is 11.6. The predicted molar refractivity (Wildman–Crippen MR) is 106 cm³/mol. The number of rotatable bonds is 15. The van der Waals surface area contributed by atoms with Crippen molar-refractivity contribution in [3.05, 3.63) is 0 Å². The van der Waals surface area contributed by atoms with Gasteiger partial charge in [-0.3, -0.25) is 4.79 Å². The Morgan fingerprint density at radius 2 is 1.09 bits per heavy atom. The lowest BCUT2D eigenvalue weighted by Crippen LogP contribution is -2.10. The molecule has 0 aliphatic carbocycles. The predicted octanol–water partition coefficient (Wildman–Crippen LogP) is 6.75. The van der Waals surface area contributed by atoms with Crippen LogP contribution in [0.1, 0.15) is 98.3 Å². The maximum atomic E-state index is 12.3. The monoisotopic (exact) mass is 328 g/mol. The van der Waals surface area contributed by atoms with E-state index in [4.69, 9.17) is 0 Å². The molecule has 0 saturated carbocycles. The average Bonchev–Trinajstić information content (AvgIpc) is 2.48. The molecule has 0 aromatic carbocycles. The first-order valence-corrected chi connectivity index (χ1v) is 12.3. The molecule has 1 nitrogen and oxygen atoms in total. The van der Waals surface area contributed by atoms with Crippen LogP contribution in [-0.2, 0) is 4.79 Å². The highest BCUT2D eigenvalue weighted by molar-refractivity contribution is 7.76. The Morgan fingerprint density at radius 1 is 0.682 bits per heavy atom. The Morgan fingerprint density at radius 3 is 1.41 bits per heavy atom. The van der Waals surface area contributed by atoms with E-state index in [2.05, 4.69) is 33.5 Å². The van der Waals surface area contributed by atoms with E-state index in [1.165, 1.54) is 76.3 Å². The van der Waals surface area contributed by atoms with E-state index >= 15 is 0 Å². The third-order valence-corrected chi connectivity index (χ3v) is 8.99. The van der Waals surface area contributed by atoms with Gasteiger partial charge in [0.25, 0.3) is 0 Å². The summed E-state index contributed by atoms with van der Waals surface area (Å²) in [5.74, 6) is 2.72. The molecule has 0 rings (SSSR count). The maximum Gasteiger partial charge on any atom is 0.155 e. The van der Waals surface area contributed by atoms with Crippen molar-refractivity contribution in [2.24, 2.45) is 0 Å². The number of hydrogen-bond donors (Lipinski definition) is 0. The van der Waals surface area contributed by atoms with Gasteiger partial charge in [-0.25, -0.2) is 0 Å². The second-order valence-electron chi connectivity index (χ2n) is 6.86. The molecule has 0 unspecified atom stereocenters. The molecule has 0 aliphatic heterocycles. The summed E-state index contributed by atoms with van der Waals surface area (Å²) < 4.78 is 0. The van der Waals surface area contributed by atoms with Crippen molar-refractivity contribution in [1.29, 1.82) is 0 Å². The largest absolute Gasteiger partial charge is 0.295 e. The lowest BCUT2D eigenvalue weighted by molar-refractivity contribution is -0.112. The van der Waals surface area contributed by atoms with Gasteiger partial charge in [-0.15, -0.1) is 6.89 Å². The summed E-state index contributed by atoms with van der Waals surface area (Å²) in [5.41, 5.74) is 0. The van der Waals surface area contributed by atoms with E-state index in [9.17, 15) is 4.79 Å². The summed E-state index contributed by atoms with van der Waals surface area (Å²) >= 11 is 0. The summed E-state index contributed by atoms with van der Waals surface area (Å²) in [6.07, 6.45) is 17.6. The van der Waals surface area contributed by atoms with Crippen molar-refractivity contribution in [3.8, 4) is 0 Å². The third kappa shape index (κ3) is 10.7. The molecule has 0 aromatic heterocycles. The molecule has 0 aliphatic rings. The molecule has 0 heterocycles. The van der Waals surface area contributed by atoms with Gasteiger partial charge in [0.2, 0.25) is 0 Å². The van der Waals surface area contributed by atoms with Crippen LogP contribution in [-0.4, -0.2) is 30.1 Å². The van der Waals surface area contributed by atoms with Crippen molar-refractivity contribution in [2.75, 3.05) is 18.5 Å². The number of carbonyl (C=O) groups excluding carboxylic acids is 1. The van der Waals surface area contributed by atoms with Gasteiger partial charge in [0.1, 0.15) is 0 Å². The summed E-state index contributed by atoms with van der Waals surface area (Å²) in [7, 11) is 0. The molecule has 22 heavy (non-hydrogen) atoms. The Balaban J connectivity index is 5.04. The molecule has 0 radical (unpaired) electrons. The van der Waals surface area contributed by atoms with E-state index in [0.29, 0.717) is 5.78 Å². The quantitative estimate of drug-likeness (QED) is 0.240. The van der Waals surface area contributed by atoms with Gasteiger partial charge in [-0.1, -0.05) is 66.2 Å². The lowest BCUT2D eigenvalue weighted by Gasteiger charge is -2.27. The molecule has 0 bridgehead atoms. The van der Waals surface area contributed by atoms with Crippen molar-refractivity contribution in [2.45, 2.75) is 98.3 Å². The van der Waals surface area contributed by atoms with Gasteiger partial charge in [0, 0.05) is 6.42 Å². The minimum atomic E-state index is -1.15. The molecule has 2 heteroatoms. The second-order valence-corrected chi connectivity index (χ2v) is 10.9. The second kappa shape index (κ2) is 14.6. The molecule has 0 amide bonds. The lowest BCUT2D eigenvalue weighted by atomic mass is 10.3. The molecule has 0 spiro atoms. The van der Waals surface area contributed by atoms with Crippen molar-refractivity contribution in [1.82, 2.24) is 0 Å². The molecule has 0 atom stereocenters. The van der Waals surface area contributed by atoms with E-state index in [-0.39, 0.29) is 0 Å². The Bertz CT molecular complexity index is 286. The van der Waals surface area contributed by atoms with Gasteiger partial charge in [0.05, 0.1) is 0 Å². The van der Waals surface area contributed by atoms with E-state index in [1.807, 2.05) is 0 Å². The zero-order valence-electron chi connectivity index (χ0n) is 15.8. The van der Waals surface area contributed by atoms with Crippen LogP contribution in [0.25, 0.3) is 0 Å². The van der Waals surface area contributed by atoms with Gasteiger partial charge >= 0.3 is 0 Å². The van der Waals surface area contributed by atoms with Gasteiger partial charge < -0.3 is 0 Å². The van der Waals surface area contributed by atoms with E-state index < -0.39 is 6.89 Å². The third-order valence-electron chi connectivity index (χ3n) is 4.54. The fraction of sp³-hybridized carbons (Fsp3) is 0.900. The topological polar surface area (TPSA) is 17.1 Å². The van der Waals surface area contributed by atoms with Crippen molar-refractivity contribution < 1.29 is 4.79 Å². The first kappa shape index (κ1) is 22.0. The van der Waals surface area contributed by atoms with Crippen molar-refractivity contribution >= 4 is 18.5 Å². The first-order chi connectivity index (χ1) is 10.6. The van der Waals surface area contributed by atoms with Crippen LogP contribution in [0.15, 0.2) is 0 Å². The Kier molecular flexibility index (Phi) is 14.5. The summed E-state index contributed by atoms with van der Waals surface area (Å²) in [6, 6.07) is 0. The highest BCUT2D eigenvalue weighted by Crippen LogP contribution is 2.49. The number of carbonyl (C=O) groups is 1. The summed E-state index contributed by atoms with van der Waals surface area (Å²) in [6.45, 7) is 7.81. The van der Waals surface area contributed by atoms with Gasteiger partial charge in [-0.05, 0) is 50.0 Å². The van der Waals surface area contributed by atoms with E-state index in [1.54, 1.807) is 0 Å². The molecule has 0 aromatic rings. The molecule has 0 saturated heterocycles. The molecule has 132 valence electrons. The van der Waals surface area contributed by atoms with Crippen LogP contribution in [0, 0.1) is 0 Å². The van der Waals surface area contributed by atoms with Crippen LogP contribution in [0.3, 0.4) is 0 Å². The average molecular weight is 329 g/mol. The van der Waals surface area contributed by atoms with Crippen LogP contribution in [0.4, 0.5) is 0 Å². The summed E-state index contributed by atoms with van der Waals surface area (Å²) in [4.78, 5) is 12.3. The zero-order valence-corrected chi connectivity index (χ0v) is 16.7. The highest BCUT2D eigenvalue weighted by Gasteiger charge is 2.18. The minimum Gasteiger partial charge on any atom is -0.295 e. The van der Waals surface area contributed by atoms with Crippen LogP contribution >= 0.6 is 6.89 Å². The number of hydrogen-bond acceptors (Lipinski definition) is 1.